The summed E-state index contributed by atoms with van der Waals surface area (Å²) in [5, 5.41) is 19.1. The predicted octanol–water partition coefficient (Wildman–Crippen LogP) is 1.72. The van der Waals surface area contributed by atoms with Crippen LogP contribution in [0.2, 0.25) is 5.02 Å². The van der Waals surface area contributed by atoms with Gasteiger partial charge in [0, 0.05) is 30.2 Å². The summed E-state index contributed by atoms with van der Waals surface area (Å²) in [5.74, 6) is -0.664. The second-order valence-corrected chi connectivity index (χ2v) is 5.04. The molecule has 0 amide bonds. The topological polar surface area (TPSA) is 70.0 Å². The number of nitrogens with zero attached hydrogens (tertiary/aromatic N) is 1. The Hall–Kier alpha value is -1.30. The number of ether oxygens (including phenoxy) is 1. The number of benzene rings is 1. The van der Waals surface area contributed by atoms with Gasteiger partial charge in [-0.25, -0.2) is 0 Å². The molecule has 0 bridgehead atoms. The zero-order chi connectivity index (χ0) is 13.8. The molecule has 0 saturated carbocycles. The Bertz CT molecular complexity index is 466. The van der Waals surface area contributed by atoms with E-state index in [1.807, 2.05) is 0 Å². The molecule has 1 aliphatic rings. The summed E-state index contributed by atoms with van der Waals surface area (Å²) in [6.07, 6.45) is -0.300. The molecule has 1 atom stereocenters. The molecule has 19 heavy (non-hydrogen) atoms. The maximum atomic E-state index is 10.7. The van der Waals surface area contributed by atoms with E-state index in [1.54, 1.807) is 18.2 Å². The Labute approximate surface area is 116 Å². The number of aromatic hydroxyl groups is 1. The third-order valence-corrected chi connectivity index (χ3v) is 3.30. The van der Waals surface area contributed by atoms with Gasteiger partial charge in [-0.05, 0) is 18.2 Å². The Morgan fingerprint density at radius 3 is 3.05 bits per heavy atom. The van der Waals surface area contributed by atoms with Gasteiger partial charge in [-0.1, -0.05) is 11.6 Å². The molecule has 2 rings (SSSR count). The minimum absolute atomic E-state index is 0.00196. The summed E-state index contributed by atoms with van der Waals surface area (Å²) >= 11 is 5.90. The van der Waals surface area contributed by atoms with Crippen LogP contribution in [-0.4, -0.2) is 46.9 Å². The Morgan fingerprint density at radius 1 is 1.53 bits per heavy atom. The number of halogens is 1. The van der Waals surface area contributed by atoms with Crippen molar-refractivity contribution in [3.05, 3.63) is 28.8 Å². The largest absolute Gasteiger partial charge is 0.508 e. The summed E-state index contributed by atoms with van der Waals surface area (Å²) in [7, 11) is 0. The zero-order valence-corrected chi connectivity index (χ0v) is 11.1. The molecule has 1 fully saturated rings. The molecular weight excluding hydrogens is 270 g/mol. The highest BCUT2D eigenvalue weighted by Gasteiger charge is 2.23. The first kappa shape index (κ1) is 14.1. The van der Waals surface area contributed by atoms with Crippen molar-refractivity contribution in [1.82, 2.24) is 4.90 Å². The molecule has 1 aromatic carbocycles. The molecule has 0 radical (unpaired) electrons. The van der Waals surface area contributed by atoms with E-state index in [4.69, 9.17) is 21.4 Å². The maximum Gasteiger partial charge on any atom is 0.306 e. The van der Waals surface area contributed by atoms with Gasteiger partial charge in [-0.15, -0.1) is 0 Å². The van der Waals surface area contributed by atoms with Crippen LogP contribution in [0.3, 0.4) is 0 Å². The fourth-order valence-corrected chi connectivity index (χ4v) is 2.36. The molecule has 0 aliphatic carbocycles. The van der Waals surface area contributed by atoms with Crippen LogP contribution in [-0.2, 0) is 16.1 Å². The average molecular weight is 286 g/mol. The van der Waals surface area contributed by atoms with Crippen molar-refractivity contribution in [3.63, 3.8) is 0 Å². The Kier molecular flexibility index (Phi) is 4.63. The highest BCUT2D eigenvalue weighted by molar-refractivity contribution is 6.30. The number of rotatable bonds is 4. The number of phenolic OH excluding ortho intramolecular Hbond substituents is 1. The molecule has 1 aliphatic heterocycles. The number of carboxylic acid groups (broad SMARTS) is 1. The quantitative estimate of drug-likeness (QED) is 0.881. The van der Waals surface area contributed by atoms with Crippen LogP contribution < -0.4 is 0 Å². The number of aliphatic carboxylic acids is 1. The van der Waals surface area contributed by atoms with E-state index in [0.717, 1.165) is 5.56 Å². The number of carbonyl (C=O) groups is 1. The van der Waals surface area contributed by atoms with Crippen LogP contribution in [0.25, 0.3) is 0 Å². The van der Waals surface area contributed by atoms with Crippen LogP contribution in [0.15, 0.2) is 18.2 Å². The van der Waals surface area contributed by atoms with E-state index >= 15 is 0 Å². The second kappa shape index (κ2) is 6.23. The predicted molar refractivity (Wildman–Crippen MR) is 70.4 cm³/mol. The van der Waals surface area contributed by atoms with Crippen molar-refractivity contribution in [3.8, 4) is 5.75 Å². The lowest BCUT2D eigenvalue weighted by Gasteiger charge is -2.32. The minimum atomic E-state index is -0.863. The number of morpholine rings is 1. The number of carboxylic acids is 1. The minimum Gasteiger partial charge on any atom is -0.508 e. The third kappa shape index (κ3) is 4.09. The van der Waals surface area contributed by atoms with E-state index in [9.17, 15) is 9.90 Å². The summed E-state index contributed by atoms with van der Waals surface area (Å²) in [4.78, 5) is 12.7. The van der Waals surface area contributed by atoms with Gasteiger partial charge < -0.3 is 14.9 Å². The SMILES string of the molecule is O=C(O)CC1CN(Cc2cc(Cl)ccc2O)CCO1. The van der Waals surface area contributed by atoms with E-state index in [1.165, 1.54) is 0 Å². The van der Waals surface area contributed by atoms with Gasteiger partial charge in [0.25, 0.3) is 0 Å². The molecule has 1 saturated heterocycles. The maximum absolute atomic E-state index is 10.7. The fourth-order valence-electron chi connectivity index (χ4n) is 2.16. The fraction of sp³-hybridized carbons (Fsp3) is 0.462. The molecule has 0 spiro atoms. The van der Waals surface area contributed by atoms with Gasteiger partial charge in [0.1, 0.15) is 5.75 Å². The lowest BCUT2D eigenvalue weighted by molar-refractivity contribution is -0.142. The normalized spacial score (nSPS) is 20.4. The van der Waals surface area contributed by atoms with Gasteiger partial charge in [0.05, 0.1) is 19.1 Å². The monoisotopic (exact) mass is 285 g/mol. The molecule has 0 aromatic heterocycles. The van der Waals surface area contributed by atoms with Crippen LogP contribution in [0.1, 0.15) is 12.0 Å². The second-order valence-electron chi connectivity index (χ2n) is 4.60. The first-order chi connectivity index (χ1) is 9.04. The van der Waals surface area contributed by atoms with Gasteiger partial charge in [0.15, 0.2) is 0 Å². The standard InChI is InChI=1S/C13H16ClNO4/c14-10-1-2-12(16)9(5-10)7-15-3-4-19-11(8-15)6-13(17)18/h1-2,5,11,16H,3-4,6-8H2,(H,17,18). The molecule has 1 aromatic rings. The summed E-state index contributed by atoms with van der Waals surface area (Å²) in [6.45, 7) is 2.28. The summed E-state index contributed by atoms with van der Waals surface area (Å²) in [5.41, 5.74) is 0.739. The van der Waals surface area contributed by atoms with E-state index in [-0.39, 0.29) is 18.3 Å². The first-order valence-electron chi connectivity index (χ1n) is 6.08. The Balaban J connectivity index is 1.98. The van der Waals surface area contributed by atoms with Crippen LogP contribution >= 0.6 is 11.6 Å². The summed E-state index contributed by atoms with van der Waals surface area (Å²) in [6, 6.07) is 4.92. The van der Waals surface area contributed by atoms with Crippen molar-refractivity contribution in [2.24, 2.45) is 0 Å². The molecule has 104 valence electrons. The van der Waals surface area contributed by atoms with Gasteiger partial charge >= 0.3 is 5.97 Å². The van der Waals surface area contributed by atoms with Crippen molar-refractivity contribution in [1.29, 1.82) is 0 Å². The highest BCUT2D eigenvalue weighted by Crippen LogP contribution is 2.23. The molecule has 2 N–H and O–H groups in total. The van der Waals surface area contributed by atoms with Crippen LogP contribution in [0.4, 0.5) is 0 Å². The van der Waals surface area contributed by atoms with Crippen molar-refractivity contribution < 1.29 is 19.7 Å². The Morgan fingerprint density at radius 2 is 2.32 bits per heavy atom. The van der Waals surface area contributed by atoms with Crippen LogP contribution in [0, 0.1) is 0 Å². The number of hydrogen-bond acceptors (Lipinski definition) is 4. The molecule has 1 heterocycles. The zero-order valence-electron chi connectivity index (χ0n) is 10.4. The van der Waals surface area contributed by atoms with E-state index < -0.39 is 5.97 Å². The van der Waals surface area contributed by atoms with Gasteiger partial charge in [-0.2, -0.15) is 0 Å². The van der Waals surface area contributed by atoms with Crippen LogP contribution in [0.5, 0.6) is 5.75 Å². The van der Waals surface area contributed by atoms with E-state index in [2.05, 4.69) is 4.90 Å². The lowest BCUT2D eigenvalue weighted by atomic mass is 10.1. The van der Waals surface area contributed by atoms with Crippen molar-refractivity contribution in [2.45, 2.75) is 19.1 Å². The first-order valence-corrected chi connectivity index (χ1v) is 6.45. The third-order valence-electron chi connectivity index (χ3n) is 3.06. The van der Waals surface area contributed by atoms with E-state index in [0.29, 0.717) is 31.3 Å². The molecular formula is C13H16ClNO4. The number of hydrogen-bond donors (Lipinski definition) is 2. The number of phenols is 1. The molecule has 1 unspecified atom stereocenters. The van der Waals surface area contributed by atoms with Gasteiger partial charge in [-0.3, -0.25) is 9.69 Å². The summed E-state index contributed by atoms with van der Waals surface area (Å²) < 4.78 is 5.40. The smallest absolute Gasteiger partial charge is 0.306 e. The highest BCUT2D eigenvalue weighted by atomic mass is 35.5. The lowest BCUT2D eigenvalue weighted by Crippen LogP contribution is -2.42. The molecule has 5 nitrogen and oxygen atoms in total. The molecule has 6 heteroatoms. The van der Waals surface area contributed by atoms with Crippen molar-refractivity contribution >= 4 is 17.6 Å². The van der Waals surface area contributed by atoms with Gasteiger partial charge in [0.2, 0.25) is 0 Å². The average Bonchev–Trinajstić information content (AvgIpc) is 2.33. The van der Waals surface area contributed by atoms with Crippen molar-refractivity contribution in [2.75, 3.05) is 19.7 Å².